The first-order valence-corrected chi connectivity index (χ1v) is 8.20. The van der Waals surface area contributed by atoms with Crippen molar-refractivity contribution in [3.63, 3.8) is 0 Å². The van der Waals surface area contributed by atoms with E-state index in [-0.39, 0.29) is 25.3 Å². The van der Waals surface area contributed by atoms with Crippen molar-refractivity contribution in [2.75, 3.05) is 13.4 Å². The third kappa shape index (κ3) is 4.63. The number of rotatable bonds is 6. The van der Waals surface area contributed by atoms with Gasteiger partial charge in [0.2, 0.25) is 6.79 Å². The first-order chi connectivity index (χ1) is 12.6. The molecule has 1 aliphatic heterocycles. The van der Waals surface area contributed by atoms with E-state index in [2.05, 4.69) is 5.32 Å². The fourth-order valence-corrected chi connectivity index (χ4v) is 2.47. The fourth-order valence-electron chi connectivity index (χ4n) is 2.47. The monoisotopic (exact) mass is 353 g/mol. The van der Waals surface area contributed by atoms with Crippen LogP contribution in [0.1, 0.15) is 24.1 Å². The highest BCUT2D eigenvalue weighted by atomic mass is 16.7. The molecule has 3 rings (SSSR count). The van der Waals surface area contributed by atoms with Crippen molar-refractivity contribution in [1.29, 1.82) is 0 Å². The first kappa shape index (κ1) is 17.5. The van der Waals surface area contributed by atoms with Crippen molar-refractivity contribution in [3.8, 4) is 11.5 Å². The van der Waals surface area contributed by atoms with Crippen molar-refractivity contribution in [3.05, 3.63) is 65.7 Å². The Morgan fingerprint density at radius 2 is 1.92 bits per heavy atom. The van der Waals surface area contributed by atoms with E-state index in [1.54, 1.807) is 24.3 Å². The maximum Gasteiger partial charge on any atom is 0.331 e. The van der Waals surface area contributed by atoms with E-state index in [1.165, 1.54) is 6.08 Å². The Balaban J connectivity index is 1.45. The minimum Gasteiger partial charge on any atom is -0.454 e. The molecule has 1 N–H and O–H groups in total. The van der Waals surface area contributed by atoms with Crippen LogP contribution in [0.25, 0.3) is 6.08 Å². The van der Waals surface area contributed by atoms with Crippen LogP contribution in [0.4, 0.5) is 0 Å². The summed E-state index contributed by atoms with van der Waals surface area (Å²) in [6.45, 7) is 1.73. The van der Waals surface area contributed by atoms with Crippen LogP contribution in [0.15, 0.2) is 54.6 Å². The lowest BCUT2D eigenvalue weighted by atomic mass is 10.1. The molecule has 1 amide bonds. The quantitative estimate of drug-likeness (QED) is 0.638. The van der Waals surface area contributed by atoms with E-state index in [0.717, 1.165) is 11.1 Å². The molecule has 0 spiro atoms. The number of nitrogens with one attached hydrogen (secondary N) is 1. The predicted octanol–water partition coefficient (Wildman–Crippen LogP) is 2.85. The maximum atomic E-state index is 11.9. The summed E-state index contributed by atoms with van der Waals surface area (Å²) in [5.41, 5.74) is 1.75. The summed E-state index contributed by atoms with van der Waals surface area (Å²) in [6.07, 6.45) is 2.86. The molecular weight excluding hydrogens is 334 g/mol. The molecule has 1 atom stereocenters. The molecule has 2 aromatic carbocycles. The maximum absolute atomic E-state index is 11.9. The van der Waals surface area contributed by atoms with Gasteiger partial charge in [-0.05, 0) is 36.3 Å². The van der Waals surface area contributed by atoms with E-state index in [1.807, 2.05) is 37.3 Å². The van der Waals surface area contributed by atoms with Crippen molar-refractivity contribution in [1.82, 2.24) is 5.32 Å². The smallest absolute Gasteiger partial charge is 0.331 e. The van der Waals surface area contributed by atoms with Gasteiger partial charge in [0.15, 0.2) is 18.1 Å². The van der Waals surface area contributed by atoms with Crippen LogP contribution in [0, 0.1) is 0 Å². The summed E-state index contributed by atoms with van der Waals surface area (Å²) in [6, 6.07) is 14.7. The topological polar surface area (TPSA) is 73.9 Å². The summed E-state index contributed by atoms with van der Waals surface area (Å²) in [4.78, 5) is 23.7. The number of benzene rings is 2. The number of ether oxygens (including phenoxy) is 3. The molecule has 134 valence electrons. The average molecular weight is 353 g/mol. The van der Waals surface area contributed by atoms with Gasteiger partial charge >= 0.3 is 5.97 Å². The van der Waals surface area contributed by atoms with Gasteiger partial charge in [-0.1, -0.05) is 36.4 Å². The molecule has 1 heterocycles. The van der Waals surface area contributed by atoms with Gasteiger partial charge in [0.05, 0.1) is 6.04 Å². The first-order valence-electron chi connectivity index (χ1n) is 8.20. The Bertz CT molecular complexity index is 816. The van der Waals surface area contributed by atoms with Crippen LogP contribution in [0.2, 0.25) is 0 Å². The van der Waals surface area contributed by atoms with Gasteiger partial charge in [-0.2, -0.15) is 0 Å². The third-order valence-electron chi connectivity index (χ3n) is 3.83. The third-order valence-corrected chi connectivity index (χ3v) is 3.83. The molecular formula is C20H19NO5. The van der Waals surface area contributed by atoms with E-state index in [4.69, 9.17) is 14.2 Å². The largest absolute Gasteiger partial charge is 0.454 e. The summed E-state index contributed by atoms with van der Waals surface area (Å²) in [5, 5.41) is 2.78. The number of carbonyl (C=O) groups excluding carboxylic acids is 2. The SMILES string of the molecule is C[C@@H](NC(=O)COC(=O)/C=C/c1ccc2c(c1)OCO2)c1ccccc1. The molecule has 1 aliphatic rings. The molecule has 0 saturated carbocycles. The standard InChI is InChI=1S/C20H19NO5/c1-14(16-5-3-2-4-6-16)21-19(22)12-24-20(23)10-8-15-7-9-17-18(11-15)26-13-25-17/h2-11,14H,12-13H2,1H3,(H,21,22)/b10-8+/t14-/m1/s1. The Labute approximate surface area is 151 Å². The second kappa shape index (κ2) is 8.20. The van der Waals surface area contributed by atoms with Crippen LogP contribution in [-0.4, -0.2) is 25.3 Å². The molecule has 6 heteroatoms. The number of carbonyl (C=O) groups is 2. The highest BCUT2D eigenvalue weighted by molar-refractivity contribution is 5.89. The van der Waals surface area contributed by atoms with Gasteiger partial charge in [0.25, 0.3) is 5.91 Å². The van der Waals surface area contributed by atoms with Crippen molar-refractivity contribution < 1.29 is 23.8 Å². The minimum absolute atomic E-state index is 0.161. The van der Waals surface area contributed by atoms with E-state index >= 15 is 0 Å². The molecule has 26 heavy (non-hydrogen) atoms. The van der Waals surface area contributed by atoms with Crippen LogP contribution in [-0.2, 0) is 14.3 Å². The lowest BCUT2D eigenvalue weighted by Gasteiger charge is -2.13. The summed E-state index contributed by atoms with van der Waals surface area (Å²) >= 11 is 0. The highest BCUT2D eigenvalue weighted by Crippen LogP contribution is 2.32. The highest BCUT2D eigenvalue weighted by Gasteiger charge is 2.13. The summed E-state index contributed by atoms with van der Waals surface area (Å²) in [5.74, 6) is 0.361. The Hall–Kier alpha value is -3.28. The van der Waals surface area contributed by atoms with Gasteiger partial charge in [-0.3, -0.25) is 4.79 Å². The molecule has 0 radical (unpaired) electrons. The zero-order valence-corrected chi connectivity index (χ0v) is 14.3. The molecule has 0 aromatic heterocycles. The zero-order valence-electron chi connectivity index (χ0n) is 14.3. The molecule has 0 unspecified atom stereocenters. The number of amides is 1. The summed E-state index contributed by atoms with van der Waals surface area (Å²) in [7, 11) is 0. The van der Waals surface area contributed by atoms with Gasteiger partial charge in [0, 0.05) is 6.08 Å². The van der Waals surface area contributed by atoms with Crippen LogP contribution in [0.5, 0.6) is 11.5 Å². The number of hydrogen-bond donors (Lipinski definition) is 1. The summed E-state index contributed by atoms with van der Waals surface area (Å²) < 4.78 is 15.5. The average Bonchev–Trinajstić information content (AvgIpc) is 3.13. The zero-order chi connectivity index (χ0) is 18.4. The normalized spacial score (nSPS) is 13.4. The van der Waals surface area contributed by atoms with E-state index in [0.29, 0.717) is 11.5 Å². The van der Waals surface area contributed by atoms with Crippen molar-refractivity contribution >= 4 is 18.0 Å². The molecule has 2 aromatic rings. The van der Waals surface area contributed by atoms with Crippen LogP contribution >= 0.6 is 0 Å². The van der Waals surface area contributed by atoms with Gasteiger partial charge in [-0.15, -0.1) is 0 Å². The Kier molecular flexibility index (Phi) is 5.53. The minimum atomic E-state index is -0.592. The van der Waals surface area contributed by atoms with E-state index in [9.17, 15) is 9.59 Å². The number of esters is 1. The van der Waals surface area contributed by atoms with Crippen molar-refractivity contribution in [2.24, 2.45) is 0 Å². The van der Waals surface area contributed by atoms with Gasteiger partial charge in [0.1, 0.15) is 0 Å². The Morgan fingerprint density at radius 3 is 2.73 bits per heavy atom. The number of fused-ring (bicyclic) bond motifs is 1. The predicted molar refractivity (Wildman–Crippen MR) is 95.6 cm³/mol. The van der Waals surface area contributed by atoms with Crippen LogP contribution < -0.4 is 14.8 Å². The molecule has 0 fully saturated rings. The second-order valence-corrected chi connectivity index (χ2v) is 5.75. The number of hydrogen-bond acceptors (Lipinski definition) is 5. The molecule has 0 bridgehead atoms. The van der Waals surface area contributed by atoms with Gasteiger partial charge < -0.3 is 19.5 Å². The lowest BCUT2D eigenvalue weighted by molar-refractivity contribution is -0.144. The van der Waals surface area contributed by atoms with E-state index < -0.39 is 5.97 Å². The van der Waals surface area contributed by atoms with Crippen LogP contribution in [0.3, 0.4) is 0 Å². The fraction of sp³-hybridized carbons (Fsp3) is 0.200. The van der Waals surface area contributed by atoms with Gasteiger partial charge in [-0.25, -0.2) is 4.79 Å². The Morgan fingerprint density at radius 1 is 1.15 bits per heavy atom. The lowest BCUT2D eigenvalue weighted by Crippen LogP contribution is -2.30. The molecule has 6 nitrogen and oxygen atoms in total. The molecule has 0 aliphatic carbocycles. The molecule has 0 saturated heterocycles. The second-order valence-electron chi connectivity index (χ2n) is 5.75. The van der Waals surface area contributed by atoms with Crippen molar-refractivity contribution in [2.45, 2.75) is 13.0 Å².